The summed E-state index contributed by atoms with van der Waals surface area (Å²) in [6, 6.07) is 30.4. The van der Waals surface area contributed by atoms with Gasteiger partial charge in [0.1, 0.15) is 5.75 Å². The number of benzene rings is 3. The normalized spacial score (nSPS) is 10.7. The van der Waals surface area contributed by atoms with E-state index in [2.05, 4.69) is 34.9 Å². The SMILES string of the molecule is c1ccc(CN(Cc2ccccc2)NOc2ccccc2)cc1. The van der Waals surface area contributed by atoms with Crippen LogP contribution in [0.3, 0.4) is 0 Å². The summed E-state index contributed by atoms with van der Waals surface area (Å²) in [7, 11) is 0. The number of rotatable bonds is 7. The second-order valence-electron chi connectivity index (χ2n) is 5.33. The topological polar surface area (TPSA) is 24.5 Å². The van der Waals surface area contributed by atoms with Gasteiger partial charge >= 0.3 is 0 Å². The molecular formula is C20H20N2O. The molecule has 0 aliphatic carbocycles. The lowest BCUT2D eigenvalue weighted by Crippen LogP contribution is -2.39. The van der Waals surface area contributed by atoms with Gasteiger partial charge in [-0.25, -0.2) is 5.01 Å². The summed E-state index contributed by atoms with van der Waals surface area (Å²) in [4.78, 5) is 5.69. The lowest BCUT2D eigenvalue weighted by atomic mass is 10.2. The highest BCUT2D eigenvalue weighted by molar-refractivity contribution is 5.20. The molecule has 0 saturated heterocycles. The Morgan fingerprint density at radius 3 is 1.52 bits per heavy atom. The van der Waals surface area contributed by atoms with Gasteiger partial charge in [0.15, 0.2) is 0 Å². The fourth-order valence-corrected chi connectivity index (χ4v) is 2.33. The molecule has 3 rings (SSSR count). The zero-order valence-electron chi connectivity index (χ0n) is 12.9. The quantitative estimate of drug-likeness (QED) is 0.662. The summed E-state index contributed by atoms with van der Waals surface area (Å²) >= 11 is 0. The van der Waals surface area contributed by atoms with Gasteiger partial charge in [-0.3, -0.25) is 0 Å². The van der Waals surface area contributed by atoms with Crippen molar-refractivity contribution in [3.05, 3.63) is 102 Å². The number of hydrazine groups is 1. The number of hydrogen-bond acceptors (Lipinski definition) is 3. The van der Waals surface area contributed by atoms with Gasteiger partial charge in [-0.1, -0.05) is 84.5 Å². The molecule has 1 N–H and O–H groups in total. The lowest BCUT2D eigenvalue weighted by molar-refractivity contribution is -0.00977. The molecule has 0 saturated carbocycles. The largest absolute Gasteiger partial charge is 0.394 e. The summed E-state index contributed by atoms with van der Waals surface area (Å²) in [5.41, 5.74) is 5.52. The van der Waals surface area contributed by atoms with Crippen molar-refractivity contribution in [1.82, 2.24) is 10.6 Å². The molecule has 23 heavy (non-hydrogen) atoms. The molecule has 0 aliphatic heterocycles. The summed E-state index contributed by atoms with van der Waals surface area (Å²) < 4.78 is 0. The summed E-state index contributed by atoms with van der Waals surface area (Å²) in [5, 5.41) is 2.05. The Labute approximate surface area is 137 Å². The third-order valence-corrected chi connectivity index (χ3v) is 3.47. The number of para-hydroxylation sites is 1. The molecule has 116 valence electrons. The van der Waals surface area contributed by atoms with Crippen molar-refractivity contribution in [3.63, 3.8) is 0 Å². The van der Waals surface area contributed by atoms with Crippen LogP contribution in [0.15, 0.2) is 91.0 Å². The van der Waals surface area contributed by atoms with Gasteiger partial charge < -0.3 is 4.84 Å². The number of nitrogens with zero attached hydrogens (tertiary/aromatic N) is 1. The van der Waals surface area contributed by atoms with Crippen LogP contribution in [0.2, 0.25) is 0 Å². The molecule has 3 aromatic rings. The predicted molar refractivity (Wildman–Crippen MR) is 92.3 cm³/mol. The van der Waals surface area contributed by atoms with Crippen LogP contribution >= 0.6 is 0 Å². The molecule has 0 unspecified atom stereocenters. The highest BCUT2D eigenvalue weighted by Gasteiger charge is 2.07. The molecule has 0 aliphatic rings. The van der Waals surface area contributed by atoms with E-state index in [0.29, 0.717) is 0 Å². The van der Waals surface area contributed by atoms with Crippen molar-refractivity contribution in [2.75, 3.05) is 0 Å². The first kappa shape index (κ1) is 15.3. The highest BCUT2D eigenvalue weighted by atomic mass is 16.7. The van der Waals surface area contributed by atoms with E-state index in [1.54, 1.807) is 0 Å². The molecular weight excluding hydrogens is 284 g/mol. The summed E-state index contributed by atoms with van der Waals surface area (Å²) in [5.74, 6) is 0.790. The minimum atomic E-state index is 0.753. The molecule has 0 radical (unpaired) electrons. The summed E-state index contributed by atoms with van der Waals surface area (Å²) in [6.07, 6.45) is 0. The van der Waals surface area contributed by atoms with Gasteiger partial charge in [-0.2, -0.15) is 0 Å². The molecule has 3 nitrogen and oxygen atoms in total. The molecule has 0 heterocycles. The van der Waals surface area contributed by atoms with Crippen LogP contribution < -0.4 is 10.4 Å². The Hall–Kier alpha value is -2.62. The maximum absolute atomic E-state index is 5.69. The van der Waals surface area contributed by atoms with Crippen molar-refractivity contribution in [1.29, 1.82) is 0 Å². The first-order valence-electron chi connectivity index (χ1n) is 7.70. The minimum absolute atomic E-state index is 0.753. The lowest BCUT2D eigenvalue weighted by Gasteiger charge is -2.23. The van der Waals surface area contributed by atoms with Crippen molar-refractivity contribution in [2.24, 2.45) is 0 Å². The predicted octanol–water partition coefficient (Wildman–Crippen LogP) is 4.19. The van der Waals surface area contributed by atoms with Crippen LogP contribution in [-0.4, -0.2) is 5.01 Å². The third-order valence-electron chi connectivity index (χ3n) is 3.47. The first-order valence-corrected chi connectivity index (χ1v) is 7.70. The number of nitrogens with one attached hydrogen (secondary N) is 1. The first-order chi connectivity index (χ1) is 11.4. The van der Waals surface area contributed by atoms with E-state index >= 15 is 0 Å². The average molecular weight is 304 g/mol. The standard InChI is InChI=1S/C20H20N2O/c1-4-10-18(11-5-1)16-22(17-19-12-6-2-7-13-19)21-23-20-14-8-3-9-15-20/h1-15,21H,16-17H2. The molecule has 0 aromatic heterocycles. The fraction of sp³-hybridized carbons (Fsp3) is 0.100. The van der Waals surface area contributed by atoms with Crippen LogP contribution in [0, 0.1) is 0 Å². The zero-order valence-corrected chi connectivity index (χ0v) is 12.9. The maximum Gasteiger partial charge on any atom is 0.149 e. The monoisotopic (exact) mass is 304 g/mol. The van der Waals surface area contributed by atoms with Crippen molar-refractivity contribution in [2.45, 2.75) is 13.1 Å². The van der Waals surface area contributed by atoms with E-state index < -0.39 is 0 Å². The van der Waals surface area contributed by atoms with Crippen molar-refractivity contribution >= 4 is 0 Å². The van der Waals surface area contributed by atoms with E-state index in [-0.39, 0.29) is 0 Å². The van der Waals surface area contributed by atoms with Gasteiger partial charge in [0.2, 0.25) is 0 Å². The summed E-state index contributed by atoms with van der Waals surface area (Å²) in [6.45, 7) is 1.51. The molecule has 0 spiro atoms. The van der Waals surface area contributed by atoms with Crippen molar-refractivity contribution in [3.8, 4) is 5.75 Å². The van der Waals surface area contributed by atoms with E-state index in [4.69, 9.17) is 4.84 Å². The van der Waals surface area contributed by atoms with Gasteiger partial charge in [-0.05, 0) is 23.3 Å². The highest BCUT2D eigenvalue weighted by Crippen LogP contribution is 2.10. The van der Waals surface area contributed by atoms with E-state index in [0.717, 1.165) is 18.8 Å². The van der Waals surface area contributed by atoms with E-state index in [1.165, 1.54) is 11.1 Å². The van der Waals surface area contributed by atoms with Crippen LogP contribution in [0.1, 0.15) is 11.1 Å². The number of hydrogen-bond donors (Lipinski definition) is 1. The molecule has 0 amide bonds. The van der Waals surface area contributed by atoms with Gasteiger partial charge in [0.05, 0.1) is 0 Å². The van der Waals surface area contributed by atoms with E-state index in [1.807, 2.05) is 66.7 Å². The van der Waals surface area contributed by atoms with Gasteiger partial charge in [0.25, 0.3) is 0 Å². The minimum Gasteiger partial charge on any atom is -0.394 e. The molecule has 3 heteroatoms. The third kappa shape index (κ3) is 4.95. The van der Waals surface area contributed by atoms with Crippen LogP contribution in [0.25, 0.3) is 0 Å². The Morgan fingerprint density at radius 2 is 1.04 bits per heavy atom. The Balaban J connectivity index is 1.67. The van der Waals surface area contributed by atoms with Gasteiger partial charge in [-0.15, -0.1) is 0 Å². The second kappa shape index (κ2) is 8.13. The van der Waals surface area contributed by atoms with Crippen LogP contribution in [-0.2, 0) is 13.1 Å². The average Bonchev–Trinajstić information content (AvgIpc) is 2.62. The smallest absolute Gasteiger partial charge is 0.149 e. The van der Waals surface area contributed by atoms with Crippen LogP contribution in [0.5, 0.6) is 5.75 Å². The Morgan fingerprint density at radius 1 is 0.609 bits per heavy atom. The molecule has 0 fully saturated rings. The van der Waals surface area contributed by atoms with E-state index in [9.17, 15) is 0 Å². The fourth-order valence-electron chi connectivity index (χ4n) is 2.33. The maximum atomic E-state index is 5.69. The zero-order chi connectivity index (χ0) is 15.7. The molecule has 0 atom stereocenters. The van der Waals surface area contributed by atoms with Crippen LogP contribution in [0.4, 0.5) is 0 Å². The molecule has 0 bridgehead atoms. The van der Waals surface area contributed by atoms with Gasteiger partial charge in [0, 0.05) is 13.1 Å². The Kier molecular flexibility index (Phi) is 5.40. The second-order valence-corrected chi connectivity index (χ2v) is 5.33. The van der Waals surface area contributed by atoms with Crippen molar-refractivity contribution < 1.29 is 4.84 Å². The molecule has 3 aromatic carbocycles. The Bertz CT molecular complexity index is 645.